The molecule has 7 heteroatoms. The summed E-state index contributed by atoms with van der Waals surface area (Å²) in [6, 6.07) is 13.7. The van der Waals surface area contributed by atoms with Crippen LogP contribution in [0, 0.1) is 12.8 Å². The summed E-state index contributed by atoms with van der Waals surface area (Å²) in [5.74, 6) is 0.553. The van der Waals surface area contributed by atoms with Gasteiger partial charge in [0.2, 0.25) is 0 Å². The van der Waals surface area contributed by atoms with E-state index in [1.807, 2.05) is 37.3 Å². The number of aliphatic hydroxyl groups is 1. The molecular weight excluding hydrogens is 494 g/mol. The van der Waals surface area contributed by atoms with Crippen LogP contribution in [0.1, 0.15) is 69.6 Å². The summed E-state index contributed by atoms with van der Waals surface area (Å²) in [6.07, 6.45) is 3.50. The van der Waals surface area contributed by atoms with Gasteiger partial charge in [-0.05, 0) is 87.3 Å². The number of hydrogen-bond donors (Lipinski definition) is 1. The number of benzene rings is 2. The van der Waals surface area contributed by atoms with Crippen molar-refractivity contribution >= 4 is 32.9 Å². The van der Waals surface area contributed by atoms with Gasteiger partial charge in [-0.25, -0.2) is 8.42 Å². The number of Topliss-reactive ketones (excluding diaryl/α,β-unsaturated/α-hetero) is 1. The molecule has 1 unspecified atom stereocenters. The number of nitrogens with zero attached hydrogens (tertiary/aromatic N) is 1. The third-order valence-electron chi connectivity index (χ3n) is 7.40. The number of aryl methyl sites for hydroxylation is 1. The fraction of sp³-hybridized carbons (Fsp3) is 0.552. The van der Waals surface area contributed by atoms with Gasteiger partial charge >= 0.3 is 0 Å². The Labute approximate surface area is 221 Å². The van der Waals surface area contributed by atoms with Gasteiger partial charge in [-0.2, -0.15) is 0 Å². The molecule has 0 aliphatic carbocycles. The van der Waals surface area contributed by atoms with Crippen LogP contribution in [0.25, 0.3) is 0 Å². The molecule has 0 radical (unpaired) electrons. The summed E-state index contributed by atoms with van der Waals surface area (Å²) in [7, 11) is -3.02. The third kappa shape index (κ3) is 7.56. The largest absolute Gasteiger partial charge is 0.385 e. The Morgan fingerprint density at radius 3 is 2.31 bits per heavy atom. The lowest BCUT2D eigenvalue weighted by Crippen LogP contribution is -2.42. The van der Waals surface area contributed by atoms with Crippen LogP contribution in [-0.2, 0) is 26.7 Å². The zero-order valence-corrected chi connectivity index (χ0v) is 23.5. The first-order valence-corrected chi connectivity index (χ1v) is 15.0. The maximum Gasteiger partial charge on any atom is 0.152 e. The molecule has 36 heavy (non-hydrogen) atoms. The van der Waals surface area contributed by atoms with Crippen LogP contribution in [0.3, 0.4) is 0 Å². The highest BCUT2D eigenvalue weighted by Gasteiger charge is 2.34. The summed E-state index contributed by atoms with van der Waals surface area (Å²) < 4.78 is 23.9. The van der Waals surface area contributed by atoms with Gasteiger partial charge in [-0.3, -0.25) is 4.79 Å². The molecule has 1 aliphatic heterocycles. The van der Waals surface area contributed by atoms with Crippen molar-refractivity contribution in [1.82, 2.24) is 0 Å². The highest BCUT2D eigenvalue weighted by molar-refractivity contribution is 7.91. The summed E-state index contributed by atoms with van der Waals surface area (Å²) >= 11 is 6.00. The Balaban J connectivity index is 1.50. The van der Waals surface area contributed by atoms with E-state index in [4.69, 9.17) is 11.6 Å². The van der Waals surface area contributed by atoms with Crippen LogP contribution >= 0.6 is 11.6 Å². The molecule has 2 aromatic rings. The van der Waals surface area contributed by atoms with Crippen molar-refractivity contribution in [3.63, 3.8) is 0 Å². The monoisotopic (exact) mass is 533 g/mol. The zero-order chi connectivity index (χ0) is 26.5. The Bertz CT molecular complexity index is 1140. The molecule has 2 aromatic carbocycles. The maximum absolute atomic E-state index is 12.7. The second kappa shape index (κ2) is 12.1. The number of carbonyl (C=O) groups excluding carboxylic acids is 1. The van der Waals surface area contributed by atoms with Crippen LogP contribution in [0.5, 0.6) is 0 Å². The van der Waals surface area contributed by atoms with E-state index in [2.05, 4.69) is 24.0 Å². The second-order valence-electron chi connectivity index (χ2n) is 10.7. The lowest BCUT2D eigenvalue weighted by molar-refractivity contribution is -0.119. The number of piperidine rings is 1. The third-order valence-corrected chi connectivity index (χ3v) is 9.94. The zero-order valence-electron chi connectivity index (χ0n) is 22.0. The number of rotatable bonds is 11. The van der Waals surface area contributed by atoms with Crippen molar-refractivity contribution in [3.8, 4) is 0 Å². The lowest BCUT2D eigenvalue weighted by atomic mass is 9.84. The minimum atomic E-state index is -3.02. The van der Waals surface area contributed by atoms with Crippen LogP contribution in [0.2, 0.25) is 5.02 Å². The molecule has 3 rings (SSSR count). The number of halogens is 1. The van der Waals surface area contributed by atoms with Crippen molar-refractivity contribution in [1.29, 1.82) is 0 Å². The topological polar surface area (TPSA) is 74.7 Å². The molecule has 1 fully saturated rings. The maximum atomic E-state index is 12.7. The average molecular weight is 534 g/mol. The van der Waals surface area contributed by atoms with E-state index in [-0.39, 0.29) is 22.7 Å². The molecular formula is C29H40ClNO4S. The fourth-order valence-corrected chi connectivity index (χ4v) is 6.17. The van der Waals surface area contributed by atoms with Gasteiger partial charge in [0.25, 0.3) is 0 Å². The molecule has 198 valence electrons. The first-order valence-electron chi connectivity index (χ1n) is 13.0. The molecule has 0 spiro atoms. The summed E-state index contributed by atoms with van der Waals surface area (Å²) in [5.41, 5.74) is 3.35. The van der Waals surface area contributed by atoms with E-state index in [9.17, 15) is 18.3 Å². The molecule has 1 N–H and O–H groups in total. The Morgan fingerprint density at radius 2 is 1.72 bits per heavy atom. The minimum absolute atomic E-state index is 0.174. The molecule has 1 aliphatic rings. The van der Waals surface area contributed by atoms with Gasteiger partial charge in [0.1, 0.15) is 5.78 Å². The van der Waals surface area contributed by atoms with Crippen molar-refractivity contribution in [2.75, 3.05) is 23.7 Å². The van der Waals surface area contributed by atoms with Crippen molar-refractivity contribution in [2.45, 2.75) is 77.1 Å². The smallest absolute Gasteiger partial charge is 0.152 e. The number of carbonyl (C=O) groups is 1. The summed E-state index contributed by atoms with van der Waals surface area (Å²) in [5, 5.41) is 11.5. The average Bonchev–Trinajstić information content (AvgIpc) is 2.80. The SMILES string of the molecule is Cc1cc(CC(=O)CC(C)CCCS(=O)(=O)C(C)C)ccc1N1CCC(O)(c2ccc(Cl)cc2)CC1. The van der Waals surface area contributed by atoms with Gasteiger partial charge in [0, 0.05) is 36.6 Å². The second-order valence-corrected chi connectivity index (χ2v) is 13.8. The standard InChI is InChI=1S/C29H40ClNO4S/c1-21(2)36(34,35)17-5-6-22(3)18-27(32)20-24-7-12-28(23(4)19-24)31-15-13-29(33,14-16-31)25-8-10-26(30)11-9-25/h7-12,19,21-22,33H,5-6,13-18,20H2,1-4H3. The van der Waals surface area contributed by atoms with Gasteiger partial charge < -0.3 is 10.0 Å². The van der Waals surface area contributed by atoms with Gasteiger partial charge in [0.05, 0.1) is 16.6 Å². The van der Waals surface area contributed by atoms with E-state index >= 15 is 0 Å². The van der Waals surface area contributed by atoms with Crippen molar-refractivity contribution in [2.24, 2.45) is 5.92 Å². The molecule has 0 bridgehead atoms. The minimum Gasteiger partial charge on any atom is -0.385 e. The van der Waals surface area contributed by atoms with E-state index in [1.165, 1.54) is 0 Å². The normalized spacial score (nSPS) is 16.8. The van der Waals surface area contributed by atoms with Crippen molar-refractivity contribution in [3.05, 3.63) is 64.2 Å². The van der Waals surface area contributed by atoms with Gasteiger partial charge in [-0.15, -0.1) is 0 Å². The fourth-order valence-electron chi connectivity index (χ4n) is 5.01. The lowest BCUT2D eigenvalue weighted by Gasteiger charge is -2.40. The van der Waals surface area contributed by atoms with Crippen LogP contribution in [0.4, 0.5) is 5.69 Å². The van der Waals surface area contributed by atoms with E-state index in [0.29, 0.717) is 37.1 Å². The quantitative estimate of drug-likeness (QED) is 0.390. The Hall–Kier alpha value is -1.89. The molecule has 1 heterocycles. The van der Waals surface area contributed by atoms with Gasteiger partial charge in [0.15, 0.2) is 9.84 Å². The Kier molecular flexibility index (Phi) is 9.64. The summed E-state index contributed by atoms with van der Waals surface area (Å²) in [4.78, 5) is 15.0. The molecule has 0 aromatic heterocycles. The van der Waals surface area contributed by atoms with Crippen molar-refractivity contribution < 1.29 is 18.3 Å². The van der Waals surface area contributed by atoms with E-state index in [0.717, 1.165) is 41.9 Å². The number of sulfone groups is 1. The number of anilines is 1. The van der Waals surface area contributed by atoms with E-state index in [1.54, 1.807) is 13.8 Å². The molecule has 1 saturated heterocycles. The molecule has 0 saturated carbocycles. The predicted molar refractivity (Wildman–Crippen MR) is 149 cm³/mol. The number of hydrogen-bond acceptors (Lipinski definition) is 5. The van der Waals surface area contributed by atoms with E-state index < -0.39 is 15.4 Å². The summed E-state index contributed by atoms with van der Waals surface area (Å²) in [6.45, 7) is 9.02. The highest BCUT2D eigenvalue weighted by atomic mass is 35.5. The van der Waals surface area contributed by atoms with Crippen LogP contribution in [0.15, 0.2) is 42.5 Å². The van der Waals surface area contributed by atoms with Gasteiger partial charge in [-0.1, -0.05) is 42.8 Å². The van der Waals surface area contributed by atoms with Crippen LogP contribution in [-0.4, -0.2) is 43.4 Å². The number of ketones is 1. The first kappa shape index (κ1) is 28.7. The highest BCUT2D eigenvalue weighted by Crippen LogP contribution is 2.36. The molecule has 0 amide bonds. The van der Waals surface area contributed by atoms with Crippen LogP contribution < -0.4 is 4.90 Å². The predicted octanol–water partition coefficient (Wildman–Crippen LogP) is 5.88. The Morgan fingerprint density at radius 1 is 1.08 bits per heavy atom. The molecule has 5 nitrogen and oxygen atoms in total. The first-order chi connectivity index (χ1) is 16.9. The molecule has 1 atom stereocenters.